The second-order valence-corrected chi connectivity index (χ2v) is 4.80. The zero-order valence-corrected chi connectivity index (χ0v) is 8.68. The lowest BCUT2D eigenvalue weighted by Crippen LogP contribution is -2.39. The molecule has 2 nitrogen and oxygen atoms in total. The molecule has 1 saturated heterocycles. The van der Waals surface area contributed by atoms with Crippen molar-refractivity contribution >= 4 is 0 Å². The molecule has 1 aliphatic heterocycles. The van der Waals surface area contributed by atoms with Crippen LogP contribution in [0, 0.1) is 5.92 Å². The van der Waals surface area contributed by atoms with Crippen molar-refractivity contribution in [1.29, 1.82) is 0 Å². The molecular formula is C11H22N2. The number of hydrogen-bond acceptors (Lipinski definition) is 2. The summed E-state index contributed by atoms with van der Waals surface area (Å²) < 4.78 is 0. The van der Waals surface area contributed by atoms with Crippen molar-refractivity contribution < 1.29 is 0 Å². The highest BCUT2D eigenvalue weighted by Gasteiger charge is 2.21. The van der Waals surface area contributed by atoms with Crippen molar-refractivity contribution in [3.05, 3.63) is 0 Å². The molecule has 1 heterocycles. The largest absolute Gasteiger partial charge is 0.314 e. The van der Waals surface area contributed by atoms with E-state index in [0.717, 1.165) is 18.0 Å². The van der Waals surface area contributed by atoms with Crippen LogP contribution in [-0.4, -0.2) is 25.2 Å². The summed E-state index contributed by atoms with van der Waals surface area (Å²) in [5, 5.41) is 7.20. The van der Waals surface area contributed by atoms with Crippen LogP contribution in [-0.2, 0) is 0 Å². The quantitative estimate of drug-likeness (QED) is 0.689. The predicted molar refractivity (Wildman–Crippen MR) is 55.8 cm³/mol. The van der Waals surface area contributed by atoms with Gasteiger partial charge in [-0.05, 0) is 51.1 Å². The highest BCUT2D eigenvalue weighted by molar-refractivity contribution is 4.82. The second-order valence-electron chi connectivity index (χ2n) is 4.80. The maximum Gasteiger partial charge on any atom is 0.00793 e. The molecular weight excluding hydrogens is 160 g/mol. The normalized spacial score (nSPS) is 34.8. The van der Waals surface area contributed by atoms with Crippen molar-refractivity contribution in [2.24, 2.45) is 5.92 Å². The van der Waals surface area contributed by atoms with Crippen LogP contribution in [0.3, 0.4) is 0 Å². The Morgan fingerprint density at radius 3 is 2.69 bits per heavy atom. The minimum Gasteiger partial charge on any atom is -0.314 e. The Morgan fingerprint density at radius 2 is 2.08 bits per heavy atom. The molecule has 0 aromatic carbocycles. The maximum absolute atomic E-state index is 3.62. The molecule has 2 aliphatic rings. The summed E-state index contributed by atoms with van der Waals surface area (Å²) in [6, 6.07) is 1.67. The fourth-order valence-electron chi connectivity index (χ4n) is 2.05. The standard InChI is InChI=1S/C11H22N2/c1-9-2-3-11(13-8-9)6-7-12-10-4-5-10/h9-13H,2-8H2,1H3/t9-,11-/m1/s1. The average Bonchev–Trinajstić information content (AvgIpc) is 2.92. The van der Waals surface area contributed by atoms with Gasteiger partial charge in [0.1, 0.15) is 0 Å². The molecule has 2 heteroatoms. The molecule has 2 rings (SSSR count). The second kappa shape index (κ2) is 4.43. The van der Waals surface area contributed by atoms with Crippen molar-refractivity contribution in [2.75, 3.05) is 13.1 Å². The molecule has 2 N–H and O–H groups in total. The Morgan fingerprint density at radius 1 is 1.23 bits per heavy atom. The van der Waals surface area contributed by atoms with Crippen LogP contribution < -0.4 is 10.6 Å². The molecule has 76 valence electrons. The monoisotopic (exact) mass is 182 g/mol. The maximum atomic E-state index is 3.62. The average molecular weight is 182 g/mol. The molecule has 0 spiro atoms. The summed E-state index contributed by atoms with van der Waals surface area (Å²) >= 11 is 0. The van der Waals surface area contributed by atoms with Gasteiger partial charge in [-0.1, -0.05) is 6.92 Å². The van der Waals surface area contributed by atoms with Gasteiger partial charge in [0.2, 0.25) is 0 Å². The summed E-state index contributed by atoms with van der Waals surface area (Å²) in [7, 11) is 0. The Hall–Kier alpha value is -0.0800. The van der Waals surface area contributed by atoms with E-state index < -0.39 is 0 Å². The van der Waals surface area contributed by atoms with Crippen LogP contribution >= 0.6 is 0 Å². The smallest absolute Gasteiger partial charge is 0.00793 e. The molecule has 0 aromatic rings. The highest BCUT2D eigenvalue weighted by atomic mass is 15.0. The molecule has 1 aliphatic carbocycles. The Balaban J connectivity index is 1.53. The van der Waals surface area contributed by atoms with Crippen LogP contribution in [0.25, 0.3) is 0 Å². The third kappa shape index (κ3) is 3.28. The number of rotatable bonds is 4. The summed E-state index contributed by atoms with van der Waals surface area (Å²) in [6.45, 7) is 4.79. The van der Waals surface area contributed by atoms with Crippen LogP contribution in [0.1, 0.15) is 39.0 Å². The van der Waals surface area contributed by atoms with Gasteiger partial charge in [0.05, 0.1) is 0 Å². The van der Waals surface area contributed by atoms with Crippen molar-refractivity contribution in [3.63, 3.8) is 0 Å². The first-order valence-corrected chi connectivity index (χ1v) is 5.81. The molecule has 1 saturated carbocycles. The van der Waals surface area contributed by atoms with E-state index in [2.05, 4.69) is 17.6 Å². The summed E-state index contributed by atoms with van der Waals surface area (Å²) in [4.78, 5) is 0. The van der Waals surface area contributed by atoms with E-state index in [0.29, 0.717) is 0 Å². The molecule has 0 bridgehead atoms. The van der Waals surface area contributed by atoms with Gasteiger partial charge in [-0.3, -0.25) is 0 Å². The van der Waals surface area contributed by atoms with Crippen LogP contribution in [0.2, 0.25) is 0 Å². The van der Waals surface area contributed by atoms with Crippen molar-refractivity contribution in [1.82, 2.24) is 10.6 Å². The highest BCUT2D eigenvalue weighted by Crippen LogP contribution is 2.19. The van der Waals surface area contributed by atoms with Crippen LogP contribution in [0.5, 0.6) is 0 Å². The SMILES string of the molecule is C[C@@H]1CC[C@H](CCNC2CC2)NC1. The van der Waals surface area contributed by atoms with E-state index in [-0.39, 0.29) is 0 Å². The van der Waals surface area contributed by atoms with E-state index >= 15 is 0 Å². The molecule has 0 aromatic heterocycles. The molecule has 2 atom stereocenters. The lowest BCUT2D eigenvalue weighted by Gasteiger charge is -2.27. The molecule has 2 fully saturated rings. The summed E-state index contributed by atoms with van der Waals surface area (Å²) in [5.74, 6) is 0.896. The predicted octanol–water partition coefficient (Wildman–Crippen LogP) is 1.52. The van der Waals surface area contributed by atoms with Crippen LogP contribution in [0.15, 0.2) is 0 Å². The zero-order valence-electron chi connectivity index (χ0n) is 8.68. The van der Waals surface area contributed by atoms with E-state index in [1.54, 1.807) is 0 Å². The van der Waals surface area contributed by atoms with Crippen molar-refractivity contribution in [3.8, 4) is 0 Å². The van der Waals surface area contributed by atoms with Gasteiger partial charge in [0, 0.05) is 12.1 Å². The molecule has 0 amide bonds. The van der Waals surface area contributed by atoms with E-state index in [4.69, 9.17) is 0 Å². The summed E-state index contributed by atoms with van der Waals surface area (Å²) in [5.41, 5.74) is 0. The van der Waals surface area contributed by atoms with E-state index in [9.17, 15) is 0 Å². The van der Waals surface area contributed by atoms with Gasteiger partial charge in [0.15, 0.2) is 0 Å². The fourth-order valence-corrected chi connectivity index (χ4v) is 2.05. The minimum atomic E-state index is 0.794. The first kappa shape index (κ1) is 9.47. The number of nitrogens with one attached hydrogen (secondary N) is 2. The van der Waals surface area contributed by atoms with Gasteiger partial charge < -0.3 is 10.6 Å². The fraction of sp³-hybridized carbons (Fsp3) is 1.00. The Labute approximate surface area is 81.5 Å². The van der Waals surface area contributed by atoms with Crippen LogP contribution in [0.4, 0.5) is 0 Å². The van der Waals surface area contributed by atoms with Gasteiger partial charge in [-0.15, -0.1) is 0 Å². The summed E-state index contributed by atoms with van der Waals surface area (Å²) in [6.07, 6.45) is 6.95. The van der Waals surface area contributed by atoms with Gasteiger partial charge >= 0.3 is 0 Å². The van der Waals surface area contributed by atoms with Crippen molar-refractivity contribution in [2.45, 2.75) is 51.1 Å². The van der Waals surface area contributed by atoms with Gasteiger partial charge in [-0.25, -0.2) is 0 Å². The van der Waals surface area contributed by atoms with E-state index in [1.807, 2.05) is 0 Å². The molecule has 0 unspecified atom stereocenters. The third-order valence-electron chi connectivity index (χ3n) is 3.27. The first-order chi connectivity index (χ1) is 6.34. The first-order valence-electron chi connectivity index (χ1n) is 5.81. The zero-order chi connectivity index (χ0) is 9.10. The Bertz CT molecular complexity index is 146. The number of piperidine rings is 1. The van der Waals surface area contributed by atoms with E-state index in [1.165, 1.54) is 45.2 Å². The molecule has 13 heavy (non-hydrogen) atoms. The third-order valence-corrected chi connectivity index (χ3v) is 3.27. The topological polar surface area (TPSA) is 24.1 Å². The van der Waals surface area contributed by atoms with Gasteiger partial charge in [0.25, 0.3) is 0 Å². The Kier molecular flexibility index (Phi) is 3.23. The van der Waals surface area contributed by atoms with Gasteiger partial charge in [-0.2, -0.15) is 0 Å². The number of hydrogen-bond donors (Lipinski definition) is 2. The minimum absolute atomic E-state index is 0.794. The lowest BCUT2D eigenvalue weighted by molar-refractivity contribution is 0.313. The lowest BCUT2D eigenvalue weighted by atomic mass is 9.95. The molecule has 0 radical (unpaired) electrons.